The second kappa shape index (κ2) is 5.42. The van der Waals surface area contributed by atoms with Crippen molar-refractivity contribution in [2.24, 2.45) is 5.92 Å². The predicted molar refractivity (Wildman–Crippen MR) is 70.1 cm³/mol. The van der Waals surface area contributed by atoms with Crippen LogP contribution in [-0.2, 0) is 4.79 Å². The molecule has 0 spiro atoms. The Morgan fingerprint density at radius 1 is 1.39 bits per heavy atom. The zero-order valence-corrected chi connectivity index (χ0v) is 11.0. The molecule has 1 aromatic rings. The smallest absolute Gasteiger partial charge is 0.311 e. The largest absolute Gasteiger partial charge is 0.496 e. The molecular formula is C15H20O3. The number of rotatable bonds is 4. The highest BCUT2D eigenvalue weighted by Gasteiger charge is 2.33. The van der Waals surface area contributed by atoms with Crippen molar-refractivity contribution in [2.75, 3.05) is 7.11 Å². The maximum Gasteiger partial charge on any atom is 0.311 e. The quantitative estimate of drug-likeness (QED) is 0.888. The van der Waals surface area contributed by atoms with Crippen LogP contribution in [0.2, 0.25) is 0 Å². The van der Waals surface area contributed by atoms with E-state index in [1.165, 1.54) is 0 Å². The number of hydrogen-bond acceptors (Lipinski definition) is 2. The molecule has 3 nitrogen and oxygen atoms in total. The molecule has 1 N–H and O–H groups in total. The zero-order valence-electron chi connectivity index (χ0n) is 11.0. The SMILES string of the molecule is COc1ccc(C)cc1C(C(=O)O)C1CCCC1. The lowest BCUT2D eigenvalue weighted by Crippen LogP contribution is -2.20. The van der Waals surface area contributed by atoms with Crippen LogP contribution >= 0.6 is 0 Å². The number of carbonyl (C=O) groups is 1. The molecule has 1 aliphatic carbocycles. The molecule has 1 fully saturated rings. The Morgan fingerprint density at radius 3 is 2.61 bits per heavy atom. The van der Waals surface area contributed by atoms with E-state index in [0.29, 0.717) is 5.75 Å². The standard InChI is InChI=1S/C15H20O3/c1-10-7-8-13(18-2)12(9-10)14(15(16)17)11-5-3-4-6-11/h7-9,11,14H,3-6H2,1-2H3,(H,16,17). The first-order valence-corrected chi connectivity index (χ1v) is 6.51. The topological polar surface area (TPSA) is 46.5 Å². The van der Waals surface area contributed by atoms with Crippen LogP contribution < -0.4 is 4.74 Å². The molecule has 1 atom stereocenters. The molecule has 0 saturated heterocycles. The van der Waals surface area contributed by atoms with Crippen LogP contribution in [0.1, 0.15) is 42.7 Å². The second-order valence-electron chi connectivity index (χ2n) is 5.11. The van der Waals surface area contributed by atoms with Gasteiger partial charge in [0.25, 0.3) is 0 Å². The minimum absolute atomic E-state index is 0.248. The number of aryl methyl sites for hydroxylation is 1. The van der Waals surface area contributed by atoms with Crippen LogP contribution in [0.5, 0.6) is 5.75 Å². The van der Waals surface area contributed by atoms with E-state index in [1.807, 2.05) is 25.1 Å². The van der Waals surface area contributed by atoms with Gasteiger partial charge in [0, 0.05) is 5.56 Å². The molecule has 0 aromatic heterocycles. The average Bonchev–Trinajstić information content (AvgIpc) is 2.83. The third kappa shape index (κ3) is 2.50. The normalized spacial score (nSPS) is 17.7. The van der Waals surface area contributed by atoms with E-state index in [0.717, 1.165) is 36.8 Å². The van der Waals surface area contributed by atoms with Crippen molar-refractivity contribution in [3.05, 3.63) is 29.3 Å². The molecule has 1 aliphatic rings. The Kier molecular flexibility index (Phi) is 3.90. The third-order valence-corrected chi connectivity index (χ3v) is 3.86. The van der Waals surface area contributed by atoms with Crippen molar-refractivity contribution >= 4 is 5.97 Å². The van der Waals surface area contributed by atoms with Crippen molar-refractivity contribution < 1.29 is 14.6 Å². The van der Waals surface area contributed by atoms with Crippen LogP contribution in [0.3, 0.4) is 0 Å². The first-order chi connectivity index (χ1) is 8.63. The summed E-state index contributed by atoms with van der Waals surface area (Å²) in [6.45, 7) is 1.98. The van der Waals surface area contributed by atoms with Gasteiger partial charge in [-0.2, -0.15) is 0 Å². The summed E-state index contributed by atoms with van der Waals surface area (Å²) < 4.78 is 5.33. The van der Waals surface area contributed by atoms with Crippen LogP contribution in [0.4, 0.5) is 0 Å². The number of aliphatic carboxylic acids is 1. The predicted octanol–water partition coefficient (Wildman–Crippen LogP) is 3.36. The summed E-state index contributed by atoms with van der Waals surface area (Å²) in [7, 11) is 1.60. The summed E-state index contributed by atoms with van der Waals surface area (Å²) in [5.41, 5.74) is 1.91. The molecule has 1 aromatic carbocycles. The third-order valence-electron chi connectivity index (χ3n) is 3.86. The fourth-order valence-electron chi connectivity index (χ4n) is 2.98. The van der Waals surface area contributed by atoms with E-state index in [9.17, 15) is 9.90 Å². The number of carboxylic acids is 1. The summed E-state index contributed by atoms with van der Waals surface area (Å²) in [5, 5.41) is 9.54. The molecular weight excluding hydrogens is 228 g/mol. The number of carboxylic acid groups (broad SMARTS) is 1. The summed E-state index contributed by atoms with van der Waals surface area (Å²) >= 11 is 0. The molecule has 3 heteroatoms. The van der Waals surface area contributed by atoms with Gasteiger partial charge >= 0.3 is 5.97 Å². The number of ether oxygens (including phenoxy) is 1. The van der Waals surface area contributed by atoms with Gasteiger partial charge in [0.05, 0.1) is 13.0 Å². The van der Waals surface area contributed by atoms with Gasteiger partial charge in [-0.25, -0.2) is 0 Å². The Morgan fingerprint density at radius 2 is 2.06 bits per heavy atom. The Balaban J connectivity index is 2.40. The highest BCUT2D eigenvalue weighted by molar-refractivity contribution is 5.78. The van der Waals surface area contributed by atoms with E-state index in [1.54, 1.807) is 7.11 Å². The fraction of sp³-hybridized carbons (Fsp3) is 0.533. The van der Waals surface area contributed by atoms with E-state index < -0.39 is 11.9 Å². The Bertz CT molecular complexity index is 433. The van der Waals surface area contributed by atoms with Gasteiger partial charge in [0.15, 0.2) is 0 Å². The molecule has 18 heavy (non-hydrogen) atoms. The number of hydrogen-bond donors (Lipinski definition) is 1. The first-order valence-electron chi connectivity index (χ1n) is 6.51. The molecule has 0 bridgehead atoms. The van der Waals surface area contributed by atoms with Gasteiger partial charge in [0.2, 0.25) is 0 Å². The minimum Gasteiger partial charge on any atom is -0.496 e. The highest BCUT2D eigenvalue weighted by Crippen LogP contribution is 2.41. The molecule has 1 unspecified atom stereocenters. The molecule has 0 amide bonds. The number of benzene rings is 1. The van der Waals surface area contributed by atoms with Crippen molar-refractivity contribution in [1.29, 1.82) is 0 Å². The summed E-state index contributed by atoms with van der Waals surface area (Å²) in [6, 6.07) is 5.78. The summed E-state index contributed by atoms with van der Waals surface area (Å²) in [6.07, 6.45) is 4.30. The van der Waals surface area contributed by atoms with Crippen LogP contribution in [0, 0.1) is 12.8 Å². The van der Waals surface area contributed by atoms with Crippen molar-refractivity contribution in [1.82, 2.24) is 0 Å². The van der Waals surface area contributed by atoms with Gasteiger partial charge in [-0.3, -0.25) is 4.79 Å². The van der Waals surface area contributed by atoms with Gasteiger partial charge in [-0.1, -0.05) is 30.5 Å². The van der Waals surface area contributed by atoms with E-state index >= 15 is 0 Å². The van der Waals surface area contributed by atoms with Gasteiger partial charge in [-0.05, 0) is 31.7 Å². The van der Waals surface area contributed by atoms with E-state index in [-0.39, 0.29) is 5.92 Å². The van der Waals surface area contributed by atoms with Crippen molar-refractivity contribution in [3.8, 4) is 5.75 Å². The van der Waals surface area contributed by atoms with Gasteiger partial charge in [-0.15, -0.1) is 0 Å². The lowest BCUT2D eigenvalue weighted by atomic mass is 9.84. The van der Waals surface area contributed by atoms with E-state index in [4.69, 9.17) is 4.74 Å². The molecule has 1 saturated carbocycles. The van der Waals surface area contributed by atoms with E-state index in [2.05, 4.69) is 0 Å². The minimum atomic E-state index is -0.731. The second-order valence-corrected chi connectivity index (χ2v) is 5.11. The first kappa shape index (κ1) is 12.9. The summed E-state index contributed by atoms with van der Waals surface area (Å²) in [4.78, 5) is 11.6. The van der Waals surface area contributed by atoms with Crippen molar-refractivity contribution in [2.45, 2.75) is 38.5 Å². The monoisotopic (exact) mass is 248 g/mol. The maximum atomic E-state index is 11.6. The van der Waals surface area contributed by atoms with Crippen LogP contribution in [0.25, 0.3) is 0 Å². The number of methoxy groups -OCH3 is 1. The molecule has 0 heterocycles. The molecule has 98 valence electrons. The molecule has 0 radical (unpaired) electrons. The molecule has 0 aliphatic heterocycles. The fourth-order valence-corrected chi connectivity index (χ4v) is 2.98. The highest BCUT2D eigenvalue weighted by atomic mass is 16.5. The van der Waals surface area contributed by atoms with Crippen LogP contribution in [0.15, 0.2) is 18.2 Å². The summed E-state index contributed by atoms with van der Waals surface area (Å²) in [5.74, 6) is -0.216. The lowest BCUT2D eigenvalue weighted by Gasteiger charge is -2.22. The van der Waals surface area contributed by atoms with Crippen LogP contribution in [-0.4, -0.2) is 18.2 Å². The zero-order chi connectivity index (χ0) is 13.1. The average molecular weight is 248 g/mol. The van der Waals surface area contributed by atoms with Gasteiger partial charge < -0.3 is 9.84 Å². The Labute approximate surface area is 108 Å². The van der Waals surface area contributed by atoms with Gasteiger partial charge in [0.1, 0.15) is 5.75 Å². The van der Waals surface area contributed by atoms with Crippen molar-refractivity contribution in [3.63, 3.8) is 0 Å². The molecule has 2 rings (SSSR count). The lowest BCUT2D eigenvalue weighted by molar-refractivity contribution is -0.140. The Hall–Kier alpha value is -1.51. The maximum absolute atomic E-state index is 11.6.